The maximum Gasteiger partial charge on any atom is 0.393 e. The molecule has 7 heteroatoms. The number of carboxylic acid groups (broad SMARTS) is 1. The van der Waals surface area contributed by atoms with E-state index in [0.29, 0.717) is 19.5 Å². The van der Waals surface area contributed by atoms with Gasteiger partial charge in [0.15, 0.2) is 0 Å². The number of aliphatic carboxylic acids is 1. The summed E-state index contributed by atoms with van der Waals surface area (Å²) in [5.41, 5.74) is -1.11. The molecule has 0 aliphatic carbocycles. The van der Waals surface area contributed by atoms with Crippen molar-refractivity contribution in [2.24, 2.45) is 5.92 Å². The number of piperidine rings is 1. The summed E-state index contributed by atoms with van der Waals surface area (Å²) in [4.78, 5) is 13.1. The number of likely N-dealkylation sites (tertiary alicyclic amines) is 1. The van der Waals surface area contributed by atoms with Crippen LogP contribution in [0.15, 0.2) is 0 Å². The Hall–Kier alpha value is -0.820. The number of carboxylic acids is 1. The Morgan fingerprint density at radius 1 is 1.43 bits per heavy atom. The minimum atomic E-state index is -4.16. The molecule has 1 aliphatic rings. The van der Waals surface area contributed by atoms with E-state index in [1.165, 1.54) is 0 Å². The molecule has 0 aromatic heterocycles. The maximum atomic E-state index is 12.8. The van der Waals surface area contributed by atoms with Gasteiger partial charge < -0.3 is 10.0 Å². The van der Waals surface area contributed by atoms with E-state index in [0.717, 1.165) is 0 Å². The van der Waals surface area contributed by atoms with Crippen LogP contribution in [0, 0.1) is 5.92 Å². The minimum Gasteiger partial charge on any atom is -0.480 e. The van der Waals surface area contributed by atoms with Crippen molar-refractivity contribution in [2.45, 2.75) is 57.8 Å². The molecule has 4 nitrogen and oxygen atoms in total. The minimum absolute atomic E-state index is 0.00428. The van der Waals surface area contributed by atoms with Gasteiger partial charge in [-0.25, -0.2) is 0 Å². The zero-order valence-corrected chi connectivity index (χ0v) is 12.8. The fourth-order valence-electron chi connectivity index (χ4n) is 2.79. The summed E-state index contributed by atoms with van der Waals surface area (Å²) < 4.78 is 38.3. The molecule has 2 N–H and O–H groups in total. The zero-order valence-electron chi connectivity index (χ0n) is 12.8. The molecule has 21 heavy (non-hydrogen) atoms. The summed E-state index contributed by atoms with van der Waals surface area (Å²) in [6.07, 6.45) is -3.21. The third-order valence-electron chi connectivity index (χ3n) is 3.98. The highest BCUT2D eigenvalue weighted by molar-refractivity contribution is 5.78. The molecular weight excluding hydrogens is 285 g/mol. The Morgan fingerprint density at radius 3 is 2.52 bits per heavy atom. The van der Waals surface area contributed by atoms with Crippen molar-refractivity contribution in [3.8, 4) is 0 Å². The third-order valence-corrected chi connectivity index (χ3v) is 3.98. The lowest BCUT2D eigenvalue weighted by molar-refractivity contribution is -0.187. The van der Waals surface area contributed by atoms with Crippen molar-refractivity contribution < 1.29 is 23.1 Å². The van der Waals surface area contributed by atoms with E-state index >= 15 is 0 Å². The van der Waals surface area contributed by atoms with Gasteiger partial charge in [0.2, 0.25) is 0 Å². The number of alkyl halides is 3. The van der Waals surface area contributed by atoms with Crippen molar-refractivity contribution in [3.63, 3.8) is 0 Å². The lowest BCUT2D eigenvalue weighted by Crippen LogP contribution is -2.54. The first kappa shape index (κ1) is 18.2. The molecular formula is C14H25F3N2O2. The number of carbonyl (C=O) groups is 1. The number of nitrogens with zero attached hydrogens (tertiary/aromatic N) is 1. The number of hydrogen-bond donors (Lipinski definition) is 2. The summed E-state index contributed by atoms with van der Waals surface area (Å²) in [5.74, 6) is -2.26. The van der Waals surface area contributed by atoms with Gasteiger partial charge in [-0.15, -0.1) is 0 Å². The Balaban J connectivity index is 2.58. The van der Waals surface area contributed by atoms with Crippen LogP contribution in [0.5, 0.6) is 0 Å². The molecule has 2 atom stereocenters. The van der Waals surface area contributed by atoms with Crippen molar-refractivity contribution in [1.29, 1.82) is 0 Å². The summed E-state index contributed by atoms with van der Waals surface area (Å²) >= 11 is 0. The fraction of sp³-hybridized carbons (Fsp3) is 0.929. The van der Waals surface area contributed by atoms with Gasteiger partial charge in [0.1, 0.15) is 5.54 Å². The highest BCUT2D eigenvalue weighted by Crippen LogP contribution is 2.33. The lowest BCUT2D eigenvalue weighted by atomic mass is 9.94. The van der Waals surface area contributed by atoms with Crippen molar-refractivity contribution >= 4 is 5.97 Å². The van der Waals surface area contributed by atoms with E-state index in [1.54, 1.807) is 11.8 Å². The summed E-state index contributed by atoms with van der Waals surface area (Å²) in [5, 5.41) is 12.3. The summed E-state index contributed by atoms with van der Waals surface area (Å²) in [6.45, 7) is 6.21. The summed E-state index contributed by atoms with van der Waals surface area (Å²) in [6, 6.07) is -0.00428. The van der Waals surface area contributed by atoms with Crippen LogP contribution in [0.3, 0.4) is 0 Å². The molecule has 1 aliphatic heterocycles. The first-order chi connectivity index (χ1) is 9.54. The van der Waals surface area contributed by atoms with E-state index < -0.39 is 23.6 Å². The number of rotatable bonds is 6. The molecule has 0 amide bonds. The van der Waals surface area contributed by atoms with Gasteiger partial charge in [-0.3, -0.25) is 10.1 Å². The largest absolute Gasteiger partial charge is 0.480 e. The molecule has 1 fully saturated rings. The molecule has 0 aromatic rings. The van der Waals surface area contributed by atoms with Crippen molar-refractivity contribution in [3.05, 3.63) is 0 Å². The smallest absolute Gasteiger partial charge is 0.393 e. The predicted octanol–water partition coefficient (Wildman–Crippen LogP) is 2.49. The van der Waals surface area contributed by atoms with E-state index in [2.05, 4.69) is 5.32 Å². The molecule has 124 valence electrons. The monoisotopic (exact) mass is 310 g/mol. The molecule has 0 saturated carbocycles. The van der Waals surface area contributed by atoms with Crippen LogP contribution in [0.1, 0.15) is 40.0 Å². The van der Waals surface area contributed by atoms with Gasteiger partial charge in [0, 0.05) is 19.1 Å². The Morgan fingerprint density at radius 2 is 2.05 bits per heavy atom. The number of halogens is 3. The quantitative estimate of drug-likeness (QED) is 0.791. The molecule has 0 bridgehead atoms. The normalized spacial score (nSPS) is 24.0. The first-order valence-corrected chi connectivity index (χ1v) is 7.35. The van der Waals surface area contributed by atoms with Gasteiger partial charge in [0.05, 0.1) is 5.92 Å². The van der Waals surface area contributed by atoms with Crippen molar-refractivity contribution in [1.82, 2.24) is 10.2 Å². The van der Waals surface area contributed by atoms with Gasteiger partial charge >= 0.3 is 12.1 Å². The molecule has 2 unspecified atom stereocenters. The Kier molecular flexibility index (Phi) is 6.04. The standard InChI is InChI=1S/C14H25F3N2O2/c1-10(2)18-13(3,12(20)21)6-8-19-7-4-5-11(9-19)14(15,16)17/h10-11,18H,4-9H2,1-3H3,(H,20,21). The Labute approximate surface area is 123 Å². The highest BCUT2D eigenvalue weighted by Gasteiger charge is 2.42. The van der Waals surface area contributed by atoms with Crippen LogP contribution in [0.25, 0.3) is 0 Å². The molecule has 0 aromatic carbocycles. The van der Waals surface area contributed by atoms with Crippen LogP contribution in [0.4, 0.5) is 13.2 Å². The zero-order chi connectivity index (χ0) is 16.3. The van der Waals surface area contributed by atoms with Gasteiger partial charge in [-0.1, -0.05) is 0 Å². The van der Waals surface area contributed by atoms with E-state index in [9.17, 15) is 23.1 Å². The summed E-state index contributed by atoms with van der Waals surface area (Å²) in [7, 11) is 0. The highest BCUT2D eigenvalue weighted by atomic mass is 19.4. The van der Waals surface area contributed by atoms with Crippen LogP contribution in [0.2, 0.25) is 0 Å². The molecule has 1 rings (SSSR count). The second-order valence-corrected chi connectivity index (χ2v) is 6.37. The van der Waals surface area contributed by atoms with Gasteiger partial charge in [0.25, 0.3) is 0 Å². The molecule has 1 saturated heterocycles. The second-order valence-electron chi connectivity index (χ2n) is 6.37. The lowest BCUT2D eigenvalue weighted by Gasteiger charge is -2.36. The van der Waals surface area contributed by atoms with Crippen LogP contribution < -0.4 is 5.32 Å². The molecule has 0 radical (unpaired) electrons. The average Bonchev–Trinajstić information content (AvgIpc) is 2.35. The average molecular weight is 310 g/mol. The molecule has 0 spiro atoms. The van der Waals surface area contributed by atoms with Crippen molar-refractivity contribution in [2.75, 3.05) is 19.6 Å². The third kappa shape index (κ3) is 5.47. The maximum absolute atomic E-state index is 12.8. The van der Waals surface area contributed by atoms with E-state index in [-0.39, 0.29) is 25.4 Å². The Bertz CT molecular complexity index is 361. The van der Waals surface area contributed by atoms with Gasteiger partial charge in [-0.05, 0) is 46.6 Å². The van der Waals surface area contributed by atoms with Crippen LogP contribution >= 0.6 is 0 Å². The van der Waals surface area contributed by atoms with Crippen LogP contribution in [-0.4, -0.2) is 53.4 Å². The number of hydrogen-bond acceptors (Lipinski definition) is 3. The topological polar surface area (TPSA) is 52.6 Å². The predicted molar refractivity (Wildman–Crippen MR) is 74.1 cm³/mol. The SMILES string of the molecule is CC(C)NC(C)(CCN1CCCC(C(F)(F)F)C1)C(=O)O. The van der Waals surface area contributed by atoms with Crippen LogP contribution in [-0.2, 0) is 4.79 Å². The second kappa shape index (κ2) is 6.96. The molecule has 1 heterocycles. The van der Waals surface area contributed by atoms with Gasteiger partial charge in [-0.2, -0.15) is 13.2 Å². The van der Waals surface area contributed by atoms with E-state index in [1.807, 2.05) is 13.8 Å². The van der Waals surface area contributed by atoms with E-state index in [4.69, 9.17) is 0 Å². The fourth-order valence-corrected chi connectivity index (χ4v) is 2.79. The number of nitrogens with one attached hydrogen (secondary N) is 1. The first-order valence-electron chi connectivity index (χ1n) is 7.35.